The molecule has 2 aliphatic carbocycles. The summed E-state index contributed by atoms with van der Waals surface area (Å²) in [5.41, 5.74) is 0. The lowest BCUT2D eigenvalue weighted by Crippen LogP contribution is -2.41. The van der Waals surface area contributed by atoms with Gasteiger partial charge in [0.1, 0.15) is 0 Å². The number of carboxylic acid groups (broad SMARTS) is 1. The number of allylic oxidation sites excluding steroid dienone is 2. The number of hydrogen-bond acceptors (Lipinski definition) is 3. The van der Waals surface area contributed by atoms with Gasteiger partial charge in [0.05, 0.1) is 18.4 Å². The molecule has 1 fully saturated rings. The number of carbonyl (C=O) groups excluding carboxylic acids is 1. The molecule has 1 heterocycles. The zero-order valence-corrected chi connectivity index (χ0v) is 11.0. The summed E-state index contributed by atoms with van der Waals surface area (Å²) < 4.78 is 1.73. The maximum Gasteiger partial charge on any atom is 0.307 e. The molecule has 2 N–H and O–H groups in total. The fourth-order valence-corrected chi connectivity index (χ4v) is 3.36. The molecule has 2 unspecified atom stereocenters. The second-order valence-electron chi connectivity index (χ2n) is 5.40. The Balaban J connectivity index is 1.59. The van der Waals surface area contributed by atoms with Crippen LogP contribution >= 0.6 is 0 Å². The number of carbonyl (C=O) groups is 2. The monoisotopic (exact) mass is 275 g/mol. The van der Waals surface area contributed by atoms with Crippen molar-refractivity contribution < 1.29 is 14.7 Å². The van der Waals surface area contributed by atoms with Crippen molar-refractivity contribution in [2.24, 2.45) is 23.7 Å². The lowest BCUT2D eigenvalue weighted by molar-refractivity contribution is -0.147. The maximum atomic E-state index is 12.2. The maximum absolute atomic E-state index is 12.2. The van der Waals surface area contributed by atoms with Crippen LogP contribution in [-0.4, -0.2) is 33.3 Å². The van der Waals surface area contributed by atoms with E-state index in [1.807, 2.05) is 24.4 Å². The number of fused-ring (bicyclic) bond motifs is 2. The van der Waals surface area contributed by atoms with Gasteiger partial charge in [-0.1, -0.05) is 12.2 Å². The van der Waals surface area contributed by atoms with Crippen LogP contribution in [0.15, 0.2) is 30.6 Å². The van der Waals surface area contributed by atoms with Crippen LogP contribution in [0.3, 0.4) is 0 Å². The van der Waals surface area contributed by atoms with Gasteiger partial charge in [-0.15, -0.1) is 0 Å². The number of hydrogen-bond donors (Lipinski definition) is 2. The standard InChI is InChI=1S/C14H17N3O3/c18-13(15-5-7-17-6-1-4-16-17)11-9-2-3-10(8-9)12(11)14(19)20/h1-4,6,9-12H,5,7-8H2,(H,15,18)(H,19,20)/t9?,10?,11-,12+/m0/s1. The molecule has 20 heavy (non-hydrogen) atoms. The molecule has 2 bridgehead atoms. The first kappa shape index (κ1) is 12.9. The number of aliphatic carboxylic acids is 1. The van der Waals surface area contributed by atoms with E-state index in [0.717, 1.165) is 6.42 Å². The van der Waals surface area contributed by atoms with E-state index in [1.54, 1.807) is 10.9 Å². The molecule has 1 amide bonds. The summed E-state index contributed by atoms with van der Waals surface area (Å²) in [6, 6.07) is 1.82. The van der Waals surface area contributed by atoms with E-state index in [0.29, 0.717) is 13.1 Å². The molecule has 4 atom stereocenters. The molecule has 0 saturated heterocycles. The van der Waals surface area contributed by atoms with Crippen LogP contribution < -0.4 is 5.32 Å². The molecule has 0 aromatic carbocycles. The van der Waals surface area contributed by atoms with Crippen molar-refractivity contribution in [3.05, 3.63) is 30.6 Å². The highest BCUT2D eigenvalue weighted by atomic mass is 16.4. The van der Waals surface area contributed by atoms with Gasteiger partial charge in [-0.2, -0.15) is 5.10 Å². The quantitative estimate of drug-likeness (QED) is 0.767. The van der Waals surface area contributed by atoms with Crippen LogP contribution in [-0.2, 0) is 16.1 Å². The molecule has 2 aliphatic rings. The Hall–Kier alpha value is -2.11. The van der Waals surface area contributed by atoms with Gasteiger partial charge in [0.15, 0.2) is 0 Å². The van der Waals surface area contributed by atoms with Crippen molar-refractivity contribution in [1.29, 1.82) is 0 Å². The van der Waals surface area contributed by atoms with Crippen molar-refractivity contribution >= 4 is 11.9 Å². The number of nitrogens with one attached hydrogen (secondary N) is 1. The second kappa shape index (κ2) is 5.11. The number of rotatable bonds is 5. The molecule has 1 aromatic heterocycles. The molecule has 6 heteroatoms. The van der Waals surface area contributed by atoms with Crippen molar-refractivity contribution in [2.75, 3.05) is 6.54 Å². The molecule has 1 saturated carbocycles. The van der Waals surface area contributed by atoms with Gasteiger partial charge in [0, 0.05) is 18.9 Å². The summed E-state index contributed by atoms with van der Waals surface area (Å²) in [6.07, 6.45) is 8.22. The third kappa shape index (κ3) is 2.21. The van der Waals surface area contributed by atoms with Crippen molar-refractivity contribution in [1.82, 2.24) is 15.1 Å². The van der Waals surface area contributed by atoms with E-state index in [1.165, 1.54) is 0 Å². The Morgan fingerprint density at radius 1 is 1.30 bits per heavy atom. The predicted molar refractivity (Wildman–Crippen MR) is 70.6 cm³/mol. The van der Waals surface area contributed by atoms with Crippen molar-refractivity contribution in [3.8, 4) is 0 Å². The summed E-state index contributed by atoms with van der Waals surface area (Å²) in [7, 11) is 0. The minimum absolute atomic E-state index is 0.0133. The topological polar surface area (TPSA) is 84.2 Å². The number of aromatic nitrogens is 2. The summed E-state index contributed by atoms with van der Waals surface area (Å²) in [4.78, 5) is 23.6. The highest BCUT2D eigenvalue weighted by Crippen LogP contribution is 2.48. The predicted octanol–water partition coefficient (Wildman–Crippen LogP) is 0.522. The highest BCUT2D eigenvalue weighted by molar-refractivity contribution is 5.86. The van der Waals surface area contributed by atoms with E-state index in [-0.39, 0.29) is 17.7 Å². The smallest absolute Gasteiger partial charge is 0.307 e. The fraction of sp³-hybridized carbons (Fsp3) is 0.500. The van der Waals surface area contributed by atoms with Gasteiger partial charge in [0.25, 0.3) is 0 Å². The van der Waals surface area contributed by atoms with Gasteiger partial charge >= 0.3 is 5.97 Å². The third-order valence-electron chi connectivity index (χ3n) is 4.25. The van der Waals surface area contributed by atoms with Gasteiger partial charge in [-0.25, -0.2) is 0 Å². The molecule has 1 aromatic rings. The van der Waals surface area contributed by atoms with Crippen LogP contribution in [0.4, 0.5) is 0 Å². The summed E-state index contributed by atoms with van der Waals surface area (Å²) >= 11 is 0. The molecule has 0 aliphatic heterocycles. The van der Waals surface area contributed by atoms with Gasteiger partial charge in [-0.05, 0) is 24.3 Å². The van der Waals surface area contributed by atoms with Crippen LogP contribution in [0, 0.1) is 23.7 Å². The molecule has 6 nitrogen and oxygen atoms in total. The minimum Gasteiger partial charge on any atom is -0.481 e. The van der Waals surface area contributed by atoms with Crippen molar-refractivity contribution in [2.45, 2.75) is 13.0 Å². The third-order valence-corrected chi connectivity index (χ3v) is 4.25. The van der Waals surface area contributed by atoms with Crippen LogP contribution in [0.25, 0.3) is 0 Å². The summed E-state index contributed by atoms with van der Waals surface area (Å²) in [6.45, 7) is 1.05. The normalized spacial score (nSPS) is 30.6. The van der Waals surface area contributed by atoms with Gasteiger partial charge in [0.2, 0.25) is 5.91 Å². The zero-order valence-electron chi connectivity index (χ0n) is 11.0. The molecule has 106 valence electrons. The van der Waals surface area contributed by atoms with Crippen molar-refractivity contribution in [3.63, 3.8) is 0 Å². The fourth-order valence-electron chi connectivity index (χ4n) is 3.36. The van der Waals surface area contributed by atoms with Gasteiger partial charge in [-0.3, -0.25) is 14.3 Å². The average Bonchev–Trinajstić information content (AvgIpc) is 3.13. The first-order chi connectivity index (χ1) is 9.66. The zero-order chi connectivity index (χ0) is 14.1. The van der Waals surface area contributed by atoms with Gasteiger partial charge < -0.3 is 10.4 Å². The number of nitrogens with zero attached hydrogens (tertiary/aromatic N) is 2. The average molecular weight is 275 g/mol. The second-order valence-corrected chi connectivity index (χ2v) is 5.40. The molecule has 3 rings (SSSR count). The van der Waals surface area contributed by atoms with E-state index in [4.69, 9.17) is 0 Å². The minimum atomic E-state index is -0.867. The van der Waals surface area contributed by atoms with E-state index in [2.05, 4.69) is 10.4 Å². The Labute approximate surface area is 116 Å². The van der Waals surface area contributed by atoms with E-state index in [9.17, 15) is 14.7 Å². The Morgan fingerprint density at radius 3 is 2.70 bits per heavy atom. The lowest BCUT2D eigenvalue weighted by atomic mass is 9.82. The Bertz CT molecular complexity index is 538. The summed E-state index contributed by atoms with van der Waals surface area (Å²) in [5.74, 6) is -1.93. The molecular formula is C14H17N3O3. The highest BCUT2D eigenvalue weighted by Gasteiger charge is 2.51. The SMILES string of the molecule is O=C(O)[C@@H]1C2C=CC(C2)[C@@H]1C(=O)NCCn1cccn1. The number of amides is 1. The molecule has 0 spiro atoms. The first-order valence-electron chi connectivity index (χ1n) is 6.83. The lowest BCUT2D eigenvalue weighted by Gasteiger charge is -2.23. The van der Waals surface area contributed by atoms with E-state index < -0.39 is 17.8 Å². The van der Waals surface area contributed by atoms with Crippen LogP contribution in [0.2, 0.25) is 0 Å². The molecular weight excluding hydrogens is 258 g/mol. The van der Waals surface area contributed by atoms with Crippen LogP contribution in [0.1, 0.15) is 6.42 Å². The first-order valence-corrected chi connectivity index (χ1v) is 6.83. The Morgan fingerprint density at radius 2 is 2.05 bits per heavy atom. The summed E-state index contributed by atoms with van der Waals surface area (Å²) in [5, 5.41) is 16.2. The Kier molecular flexibility index (Phi) is 3.30. The largest absolute Gasteiger partial charge is 0.481 e. The van der Waals surface area contributed by atoms with E-state index >= 15 is 0 Å². The molecule has 0 radical (unpaired) electrons. The van der Waals surface area contributed by atoms with Crippen LogP contribution in [0.5, 0.6) is 0 Å². The number of carboxylic acids is 1.